The largest absolute Gasteiger partial charge is 0.464 e. The zero-order valence-corrected chi connectivity index (χ0v) is 11.8. The summed E-state index contributed by atoms with van der Waals surface area (Å²) in [6, 6.07) is 5.22. The van der Waals surface area contributed by atoms with Gasteiger partial charge in [0.25, 0.3) is 0 Å². The van der Waals surface area contributed by atoms with Gasteiger partial charge in [0.05, 0.1) is 30.3 Å². The van der Waals surface area contributed by atoms with Crippen LogP contribution in [0, 0.1) is 0 Å². The first kappa shape index (κ1) is 13.1. The summed E-state index contributed by atoms with van der Waals surface area (Å²) in [5.41, 5.74) is 1.12. The van der Waals surface area contributed by atoms with Gasteiger partial charge in [0.1, 0.15) is 11.5 Å². The van der Waals surface area contributed by atoms with Gasteiger partial charge >= 0.3 is 5.97 Å². The topological polar surface area (TPSA) is 77.7 Å². The van der Waals surface area contributed by atoms with Crippen LogP contribution in [0.4, 0.5) is 0 Å². The zero-order valence-electron chi connectivity index (χ0n) is 10.9. The Kier molecular flexibility index (Phi) is 3.01. The highest BCUT2D eigenvalue weighted by Gasteiger charge is 2.32. The Labute approximate surface area is 116 Å². The van der Waals surface area contributed by atoms with Crippen LogP contribution in [-0.2, 0) is 14.6 Å². The fourth-order valence-corrected chi connectivity index (χ4v) is 4.36. The molecule has 1 aliphatic heterocycles. The highest BCUT2D eigenvalue weighted by Crippen LogP contribution is 2.29. The molecule has 0 amide bonds. The second kappa shape index (κ2) is 4.59. The highest BCUT2D eigenvalue weighted by molar-refractivity contribution is 7.91. The summed E-state index contributed by atoms with van der Waals surface area (Å²) in [4.78, 5) is 16.1. The van der Waals surface area contributed by atoms with E-state index in [0.29, 0.717) is 17.9 Å². The number of pyridine rings is 1. The smallest absolute Gasteiger partial charge is 0.355 e. The van der Waals surface area contributed by atoms with Crippen molar-refractivity contribution in [1.29, 1.82) is 0 Å². The summed E-state index contributed by atoms with van der Waals surface area (Å²) in [5, 5.41) is 0. The summed E-state index contributed by atoms with van der Waals surface area (Å²) >= 11 is 0. The molecular weight excluding hydrogens is 280 g/mol. The predicted molar refractivity (Wildman–Crippen MR) is 72.5 cm³/mol. The van der Waals surface area contributed by atoms with E-state index in [1.54, 1.807) is 22.7 Å². The molecule has 0 radical (unpaired) electrons. The zero-order chi connectivity index (χ0) is 14.3. The fraction of sp³-hybridized carbons (Fsp3) is 0.385. The lowest BCUT2D eigenvalue weighted by Gasteiger charge is -2.10. The lowest BCUT2D eigenvalue weighted by molar-refractivity contribution is 0.0592. The number of ether oxygens (including phenoxy) is 1. The predicted octanol–water partition coefficient (Wildman–Crippen LogP) is 1.02. The van der Waals surface area contributed by atoms with Crippen LogP contribution in [0.15, 0.2) is 24.4 Å². The van der Waals surface area contributed by atoms with Crippen LogP contribution < -0.4 is 0 Å². The number of hydrogen-bond acceptors (Lipinski definition) is 5. The normalized spacial score (nSPS) is 21.1. The summed E-state index contributed by atoms with van der Waals surface area (Å²) in [7, 11) is -1.68. The molecule has 3 rings (SSSR count). The Morgan fingerprint density at radius 1 is 1.45 bits per heavy atom. The van der Waals surface area contributed by atoms with E-state index in [4.69, 9.17) is 4.74 Å². The fourth-order valence-electron chi connectivity index (χ4n) is 2.62. The van der Waals surface area contributed by atoms with Crippen molar-refractivity contribution in [1.82, 2.24) is 9.38 Å². The van der Waals surface area contributed by atoms with Gasteiger partial charge < -0.3 is 4.74 Å². The summed E-state index contributed by atoms with van der Waals surface area (Å²) in [6.45, 7) is 0. The third-order valence-corrected chi connectivity index (χ3v) is 5.34. The quantitative estimate of drug-likeness (QED) is 0.773. The second-order valence-electron chi connectivity index (χ2n) is 4.88. The van der Waals surface area contributed by atoms with Gasteiger partial charge in [0.15, 0.2) is 9.84 Å². The van der Waals surface area contributed by atoms with E-state index < -0.39 is 15.8 Å². The molecule has 0 spiro atoms. The molecule has 0 aliphatic carbocycles. The second-order valence-corrected chi connectivity index (χ2v) is 7.11. The summed E-state index contributed by atoms with van der Waals surface area (Å²) in [6.07, 6.45) is 2.18. The Balaban J connectivity index is 2.15. The van der Waals surface area contributed by atoms with E-state index in [2.05, 4.69) is 4.98 Å². The lowest BCUT2D eigenvalue weighted by Crippen LogP contribution is -2.13. The third kappa shape index (κ3) is 2.07. The molecule has 0 saturated carbocycles. The molecule has 1 unspecified atom stereocenters. The molecule has 1 saturated heterocycles. The van der Waals surface area contributed by atoms with E-state index in [0.717, 1.165) is 5.52 Å². The van der Waals surface area contributed by atoms with E-state index in [1.807, 2.05) is 6.07 Å². The number of sulfone groups is 1. The molecule has 0 N–H and O–H groups in total. The van der Waals surface area contributed by atoms with Gasteiger partial charge in [0, 0.05) is 5.92 Å². The molecule has 1 fully saturated rings. The van der Waals surface area contributed by atoms with Crippen molar-refractivity contribution in [3.05, 3.63) is 35.9 Å². The van der Waals surface area contributed by atoms with Gasteiger partial charge in [-0.15, -0.1) is 0 Å². The first-order chi connectivity index (χ1) is 9.52. The van der Waals surface area contributed by atoms with Crippen LogP contribution >= 0.6 is 0 Å². The van der Waals surface area contributed by atoms with Crippen LogP contribution in [-0.4, -0.2) is 42.4 Å². The first-order valence-corrected chi connectivity index (χ1v) is 8.09. The van der Waals surface area contributed by atoms with Crippen LogP contribution in [0.2, 0.25) is 0 Å². The Morgan fingerprint density at radius 2 is 2.25 bits per heavy atom. The lowest BCUT2D eigenvalue weighted by atomic mass is 10.1. The van der Waals surface area contributed by atoms with Crippen molar-refractivity contribution in [3.63, 3.8) is 0 Å². The Bertz CT molecular complexity index is 779. The molecule has 1 aliphatic rings. The molecule has 0 aromatic carbocycles. The van der Waals surface area contributed by atoms with E-state index in [1.165, 1.54) is 7.11 Å². The Hall–Kier alpha value is -1.89. The number of hydrogen-bond donors (Lipinski definition) is 0. The molecule has 3 heterocycles. The number of imidazole rings is 1. The number of methoxy groups -OCH3 is 1. The van der Waals surface area contributed by atoms with Gasteiger partial charge in [0.2, 0.25) is 0 Å². The van der Waals surface area contributed by atoms with Crippen molar-refractivity contribution in [2.24, 2.45) is 0 Å². The molecule has 7 heteroatoms. The van der Waals surface area contributed by atoms with Crippen molar-refractivity contribution in [2.45, 2.75) is 12.3 Å². The molecule has 6 nitrogen and oxygen atoms in total. The number of rotatable bonds is 2. The highest BCUT2D eigenvalue weighted by atomic mass is 32.2. The van der Waals surface area contributed by atoms with Crippen molar-refractivity contribution in [3.8, 4) is 0 Å². The SMILES string of the molecule is COC(=O)c1cccc2cnc(C3CCS(=O)(=O)C3)n12. The number of carbonyl (C=O) groups excluding carboxylic acids is 1. The minimum Gasteiger partial charge on any atom is -0.464 e. The molecule has 106 valence electrons. The van der Waals surface area contributed by atoms with Gasteiger partial charge in [-0.1, -0.05) is 6.07 Å². The van der Waals surface area contributed by atoms with Crippen molar-refractivity contribution in [2.75, 3.05) is 18.6 Å². The van der Waals surface area contributed by atoms with Crippen molar-refractivity contribution < 1.29 is 17.9 Å². The molecule has 0 bridgehead atoms. The summed E-state index contributed by atoms with van der Waals surface area (Å²) < 4.78 is 29.7. The Morgan fingerprint density at radius 3 is 2.90 bits per heavy atom. The van der Waals surface area contributed by atoms with E-state index >= 15 is 0 Å². The van der Waals surface area contributed by atoms with Gasteiger partial charge in [-0.2, -0.15) is 0 Å². The average Bonchev–Trinajstić information content (AvgIpc) is 3.00. The van der Waals surface area contributed by atoms with Gasteiger partial charge in [-0.05, 0) is 18.6 Å². The van der Waals surface area contributed by atoms with Crippen LogP contribution in [0.25, 0.3) is 5.52 Å². The first-order valence-electron chi connectivity index (χ1n) is 6.27. The minimum absolute atomic E-state index is 0.0849. The number of aromatic nitrogens is 2. The third-order valence-electron chi connectivity index (χ3n) is 3.57. The van der Waals surface area contributed by atoms with Crippen LogP contribution in [0.5, 0.6) is 0 Å². The molecule has 20 heavy (non-hydrogen) atoms. The summed E-state index contributed by atoms with van der Waals surface area (Å²) in [5.74, 6) is 0.236. The maximum atomic E-state index is 11.8. The maximum absolute atomic E-state index is 11.8. The molecular formula is C13H14N2O4S. The maximum Gasteiger partial charge on any atom is 0.355 e. The average molecular weight is 294 g/mol. The van der Waals surface area contributed by atoms with Crippen LogP contribution in [0.1, 0.15) is 28.7 Å². The number of carbonyl (C=O) groups is 1. The number of nitrogens with zero attached hydrogens (tertiary/aromatic N) is 2. The molecule has 2 aromatic heterocycles. The standard InChI is InChI=1S/C13H14N2O4S/c1-19-13(16)11-4-2-3-10-7-14-12(15(10)11)9-5-6-20(17,18)8-9/h2-4,7,9H,5-6,8H2,1H3. The van der Waals surface area contributed by atoms with Crippen molar-refractivity contribution >= 4 is 21.3 Å². The minimum atomic E-state index is -3.00. The van der Waals surface area contributed by atoms with Gasteiger partial charge in [-0.25, -0.2) is 18.2 Å². The monoisotopic (exact) mass is 294 g/mol. The van der Waals surface area contributed by atoms with Gasteiger partial charge in [-0.3, -0.25) is 4.40 Å². The van der Waals surface area contributed by atoms with Crippen LogP contribution in [0.3, 0.4) is 0 Å². The molecule has 1 atom stereocenters. The van der Waals surface area contributed by atoms with E-state index in [-0.39, 0.29) is 17.4 Å². The number of fused-ring (bicyclic) bond motifs is 1. The van der Waals surface area contributed by atoms with E-state index in [9.17, 15) is 13.2 Å². The number of esters is 1. The molecule has 2 aromatic rings.